The third-order valence-corrected chi connectivity index (χ3v) is 4.10. The van der Waals surface area contributed by atoms with Gasteiger partial charge in [-0.05, 0) is 32.6 Å². The molecule has 1 fully saturated rings. The molecule has 3 nitrogen and oxygen atoms in total. The summed E-state index contributed by atoms with van der Waals surface area (Å²) in [4.78, 5) is 0. The Morgan fingerprint density at radius 3 is 2.31 bits per heavy atom. The Morgan fingerprint density at radius 2 is 1.88 bits per heavy atom. The Bertz CT molecular complexity index is 178. The molecular formula is C13H27NO2. The monoisotopic (exact) mass is 229 g/mol. The first-order valence-corrected chi connectivity index (χ1v) is 6.65. The lowest BCUT2D eigenvalue weighted by Crippen LogP contribution is -2.49. The van der Waals surface area contributed by atoms with E-state index < -0.39 is 0 Å². The van der Waals surface area contributed by atoms with Crippen LogP contribution >= 0.6 is 0 Å². The Balaban J connectivity index is 2.20. The van der Waals surface area contributed by atoms with Crippen LogP contribution in [0.15, 0.2) is 0 Å². The zero-order valence-electron chi connectivity index (χ0n) is 11.0. The molecule has 1 aliphatic rings. The van der Waals surface area contributed by atoms with Crippen LogP contribution in [0.2, 0.25) is 0 Å². The normalized spacial score (nSPS) is 25.5. The van der Waals surface area contributed by atoms with E-state index in [1.165, 1.54) is 0 Å². The Hall–Kier alpha value is -0.120. The van der Waals surface area contributed by atoms with Gasteiger partial charge in [0, 0.05) is 31.2 Å². The Morgan fingerprint density at radius 1 is 1.25 bits per heavy atom. The van der Waals surface area contributed by atoms with Crippen molar-refractivity contribution in [3.05, 3.63) is 0 Å². The standard InChI is InChI=1S/C13H27NO2/c1-4-13(5-2,10-15)9-14-11-7-12(8-11)16-6-3/h11-12,14-15H,4-10H2,1-3H3. The lowest BCUT2D eigenvalue weighted by molar-refractivity contribution is -0.0143. The quantitative estimate of drug-likeness (QED) is 0.668. The maximum atomic E-state index is 9.45. The molecule has 0 saturated heterocycles. The summed E-state index contributed by atoms with van der Waals surface area (Å²) >= 11 is 0. The van der Waals surface area contributed by atoms with Crippen molar-refractivity contribution in [1.82, 2.24) is 5.32 Å². The van der Waals surface area contributed by atoms with E-state index in [9.17, 15) is 5.11 Å². The van der Waals surface area contributed by atoms with E-state index in [4.69, 9.17) is 4.74 Å². The van der Waals surface area contributed by atoms with Gasteiger partial charge < -0.3 is 15.2 Å². The lowest BCUT2D eigenvalue weighted by Gasteiger charge is -2.39. The molecule has 0 amide bonds. The van der Waals surface area contributed by atoms with Gasteiger partial charge in [-0.3, -0.25) is 0 Å². The first-order chi connectivity index (χ1) is 7.69. The van der Waals surface area contributed by atoms with Crippen LogP contribution in [0.5, 0.6) is 0 Å². The van der Waals surface area contributed by atoms with Gasteiger partial charge in [0.05, 0.1) is 6.10 Å². The van der Waals surface area contributed by atoms with Crippen LogP contribution in [-0.4, -0.2) is 37.0 Å². The maximum absolute atomic E-state index is 9.45. The minimum atomic E-state index is 0.0801. The van der Waals surface area contributed by atoms with Crippen molar-refractivity contribution in [2.75, 3.05) is 19.8 Å². The highest BCUT2D eigenvalue weighted by Crippen LogP contribution is 2.28. The van der Waals surface area contributed by atoms with Gasteiger partial charge in [0.2, 0.25) is 0 Å². The minimum absolute atomic E-state index is 0.0801. The summed E-state index contributed by atoms with van der Waals surface area (Å²) in [5, 5.41) is 13.0. The molecule has 0 radical (unpaired) electrons. The number of hydrogen-bond donors (Lipinski definition) is 2. The minimum Gasteiger partial charge on any atom is -0.396 e. The zero-order valence-corrected chi connectivity index (χ0v) is 11.0. The van der Waals surface area contributed by atoms with Crippen LogP contribution in [-0.2, 0) is 4.74 Å². The van der Waals surface area contributed by atoms with E-state index in [1.807, 2.05) is 6.92 Å². The van der Waals surface area contributed by atoms with E-state index in [-0.39, 0.29) is 12.0 Å². The fourth-order valence-corrected chi connectivity index (χ4v) is 2.24. The summed E-state index contributed by atoms with van der Waals surface area (Å²) in [5.41, 5.74) is 0.0801. The van der Waals surface area contributed by atoms with Crippen LogP contribution in [0.25, 0.3) is 0 Å². The van der Waals surface area contributed by atoms with Gasteiger partial charge in [0.15, 0.2) is 0 Å². The lowest BCUT2D eigenvalue weighted by atomic mass is 9.81. The average Bonchev–Trinajstić information content (AvgIpc) is 2.27. The number of aliphatic hydroxyl groups is 1. The van der Waals surface area contributed by atoms with Gasteiger partial charge >= 0.3 is 0 Å². The SMILES string of the molecule is CCOC1CC(NCC(CC)(CC)CO)C1. The van der Waals surface area contributed by atoms with Crippen molar-refractivity contribution in [1.29, 1.82) is 0 Å². The smallest absolute Gasteiger partial charge is 0.0604 e. The highest BCUT2D eigenvalue weighted by Gasteiger charge is 2.32. The fourth-order valence-electron chi connectivity index (χ4n) is 2.24. The molecule has 1 rings (SSSR count). The summed E-state index contributed by atoms with van der Waals surface area (Å²) < 4.78 is 5.53. The third-order valence-electron chi connectivity index (χ3n) is 4.10. The van der Waals surface area contributed by atoms with E-state index in [0.717, 1.165) is 38.8 Å². The number of hydrogen-bond acceptors (Lipinski definition) is 3. The molecule has 0 atom stereocenters. The summed E-state index contributed by atoms with van der Waals surface area (Å²) in [6.45, 7) is 8.40. The van der Waals surface area contributed by atoms with Gasteiger partial charge in [0.1, 0.15) is 0 Å². The van der Waals surface area contributed by atoms with Crippen molar-refractivity contribution < 1.29 is 9.84 Å². The topological polar surface area (TPSA) is 41.5 Å². The first-order valence-electron chi connectivity index (χ1n) is 6.65. The first kappa shape index (κ1) is 13.9. The van der Waals surface area contributed by atoms with Gasteiger partial charge in [-0.2, -0.15) is 0 Å². The molecule has 1 aliphatic carbocycles. The van der Waals surface area contributed by atoms with Crippen molar-refractivity contribution in [2.45, 2.75) is 58.6 Å². The van der Waals surface area contributed by atoms with Crippen molar-refractivity contribution in [3.63, 3.8) is 0 Å². The second kappa shape index (κ2) is 6.58. The predicted molar refractivity (Wildman–Crippen MR) is 66.5 cm³/mol. The van der Waals surface area contributed by atoms with Crippen LogP contribution in [0, 0.1) is 5.41 Å². The highest BCUT2D eigenvalue weighted by molar-refractivity contribution is 4.88. The number of ether oxygens (including phenoxy) is 1. The van der Waals surface area contributed by atoms with Crippen LogP contribution < -0.4 is 5.32 Å². The second-order valence-corrected chi connectivity index (χ2v) is 4.99. The van der Waals surface area contributed by atoms with E-state index in [0.29, 0.717) is 12.1 Å². The van der Waals surface area contributed by atoms with Crippen LogP contribution in [0.3, 0.4) is 0 Å². The molecule has 0 bridgehead atoms. The highest BCUT2D eigenvalue weighted by atomic mass is 16.5. The molecular weight excluding hydrogens is 202 g/mol. The maximum Gasteiger partial charge on any atom is 0.0604 e. The molecule has 0 heterocycles. The summed E-state index contributed by atoms with van der Waals surface area (Å²) in [6, 6.07) is 0.598. The van der Waals surface area contributed by atoms with Crippen LogP contribution in [0.1, 0.15) is 46.5 Å². The summed E-state index contributed by atoms with van der Waals surface area (Å²) in [7, 11) is 0. The van der Waals surface area contributed by atoms with Crippen molar-refractivity contribution in [3.8, 4) is 0 Å². The molecule has 0 unspecified atom stereocenters. The number of nitrogens with one attached hydrogen (secondary N) is 1. The number of aliphatic hydroxyl groups excluding tert-OH is 1. The average molecular weight is 229 g/mol. The Labute approximate surface area is 99.6 Å². The second-order valence-electron chi connectivity index (χ2n) is 4.99. The van der Waals surface area contributed by atoms with E-state index in [1.54, 1.807) is 0 Å². The van der Waals surface area contributed by atoms with Crippen molar-refractivity contribution in [2.24, 2.45) is 5.41 Å². The van der Waals surface area contributed by atoms with Gasteiger partial charge in [-0.15, -0.1) is 0 Å². The molecule has 0 aromatic rings. The zero-order chi connectivity index (χ0) is 12.0. The molecule has 0 aliphatic heterocycles. The predicted octanol–water partition coefficient (Wildman–Crippen LogP) is 1.94. The van der Waals surface area contributed by atoms with Gasteiger partial charge in [-0.1, -0.05) is 13.8 Å². The van der Waals surface area contributed by atoms with E-state index >= 15 is 0 Å². The van der Waals surface area contributed by atoms with Gasteiger partial charge in [0.25, 0.3) is 0 Å². The summed E-state index contributed by atoms with van der Waals surface area (Å²) in [5.74, 6) is 0. The molecule has 1 saturated carbocycles. The molecule has 16 heavy (non-hydrogen) atoms. The summed E-state index contributed by atoms with van der Waals surface area (Å²) in [6.07, 6.45) is 4.80. The molecule has 0 aromatic heterocycles. The van der Waals surface area contributed by atoms with Crippen molar-refractivity contribution >= 4 is 0 Å². The fraction of sp³-hybridized carbons (Fsp3) is 1.00. The molecule has 0 spiro atoms. The Kier molecular flexibility index (Phi) is 5.73. The molecule has 2 N–H and O–H groups in total. The molecule has 0 aromatic carbocycles. The molecule has 3 heteroatoms. The molecule has 96 valence electrons. The van der Waals surface area contributed by atoms with Gasteiger partial charge in [-0.25, -0.2) is 0 Å². The number of rotatable bonds is 8. The van der Waals surface area contributed by atoms with Crippen LogP contribution in [0.4, 0.5) is 0 Å². The van der Waals surface area contributed by atoms with E-state index in [2.05, 4.69) is 19.2 Å². The third kappa shape index (κ3) is 3.44. The largest absolute Gasteiger partial charge is 0.396 e.